The Morgan fingerprint density at radius 3 is 2.48 bits per heavy atom. The van der Waals surface area contributed by atoms with Gasteiger partial charge in [0.2, 0.25) is 0 Å². The van der Waals surface area contributed by atoms with Crippen molar-refractivity contribution in [3.8, 4) is 5.75 Å². The van der Waals surface area contributed by atoms with Crippen LogP contribution in [0.5, 0.6) is 5.75 Å². The normalized spacial score (nSPS) is 16.6. The lowest BCUT2D eigenvalue weighted by Crippen LogP contribution is -2.48. The Morgan fingerprint density at radius 2 is 1.90 bits per heavy atom. The maximum Gasteiger partial charge on any atom is 0.191 e. The molecule has 2 N–H and O–H groups in total. The number of benzene rings is 1. The van der Waals surface area contributed by atoms with Crippen molar-refractivity contribution >= 4 is 15.8 Å². The van der Waals surface area contributed by atoms with Crippen LogP contribution in [0.3, 0.4) is 0 Å². The van der Waals surface area contributed by atoms with E-state index >= 15 is 0 Å². The van der Waals surface area contributed by atoms with Crippen molar-refractivity contribution in [3.05, 3.63) is 24.3 Å². The number of aliphatic imine (C=N–C) groups is 1. The van der Waals surface area contributed by atoms with Gasteiger partial charge >= 0.3 is 0 Å². The Hall–Kier alpha value is -1.80. The molecule has 0 aliphatic carbocycles. The third-order valence-electron chi connectivity index (χ3n) is 4.98. The molecule has 8 heteroatoms. The van der Waals surface area contributed by atoms with Crippen LogP contribution in [0.4, 0.5) is 0 Å². The molecule has 1 aromatic carbocycles. The summed E-state index contributed by atoms with van der Waals surface area (Å²) in [4.78, 5) is 7.45. The number of rotatable bonds is 10. The number of piperidine rings is 1. The molecule has 29 heavy (non-hydrogen) atoms. The second-order valence-corrected chi connectivity index (χ2v) is 9.48. The van der Waals surface area contributed by atoms with Gasteiger partial charge in [0.25, 0.3) is 0 Å². The molecule has 0 bridgehead atoms. The van der Waals surface area contributed by atoms with Crippen LogP contribution < -0.4 is 15.4 Å². The first-order valence-corrected chi connectivity index (χ1v) is 12.5. The molecule has 1 saturated heterocycles. The van der Waals surface area contributed by atoms with Crippen LogP contribution in [0.1, 0.15) is 39.5 Å². The summed E-state index contributed by atoms with van der Waals surface area (Å²) in [5.41, 5.74) is 0. The van der Waals surface area contributed by atoms with Gasteiger partial charge in [-0.2, -0.15) is 0 Å². The van der Waals surface area contributed by atoms with Crippen LogP contribution in [0, 0.1) is 0 Å². The van der Waals surface area contributed by atoms with Gasteiger partial charge in [0.05, 0.1) is 11.4 Å². The van der Waals surface area contributed by atoms with Gasteiger partial charge < -0.3 is 20.3 Å². The van der Waals surface area contributed by atoms with Crippen molar-refractivity contribution in [2.24, 2.45) is 4.99 Å². The summed E-state index contributed by atoms with van der Waals surface area (Å²) in [5, 5.41) is 6.85. The summed E-state index contributed by atoms with van der Waals surface area (Å²) in [6.07, 6.45) is 6.00. The van der Waals surface area contributed by atoms with E-state index in [1.807, 2.05) is 0 Å². The number of hydrogen-bond acceptors (Lipinski definition) is 5. The molecule has 1 aliphatic heterocycles. The van der Waals surface area contributed by atoms with E-state index in [1.165, 1.54) is 25.6 Å². The minimum atomic E-state index is -3.18. The monoisotopic (exact) mass is 424 g/mol. The van der Waals surface area contributed by atoms with Gasteiger partial charge in [-0.15, -0.1) is 0 Å². The van der Waals surface area contributed by atoms with Crippen molar-refractivity contribution in [2.45, 2.75) is 50.5 Å². The van der Waals surface area contributed by atoms with Crippen molar-refractivity contribution in [1.29, 1.82) is 0 Å². The van der Waals surface area contributed by atoms with Crippen molar-refractivity contribution in [1.82, 2.24) is 15.5 Å². The Kier molecular flexibility index (Phi) is 9.73. The number of likely N-dealkylation sites (tertiary alicyclic amines) is 1. The molecule has 1 aromatic rings. The molecule has 164 valence electrons. The highest BCUT2D eigenvalue weighted by atomic mass is 32.2. The summed E-state index contributed by atoms with van der Waals surface area (Å²) in [6.45, 7) is 9.57. The fourth-order valence-electron chi connectivity index (χ4n) is 3.30. The lowest BCUT2D eigenvalue weighted by Gasteiger charge is -2.33. The molecule has 0 unspecified atom stereocenters. The summed E-state index contributed by atoms with van der Waals surface area (Å²) in [7, 11) is -3.18. The molecule has 2 rings (SSSR count). The Morgan fingerprint density at radius 1 is 1.21 bits per heavy atom. The Labute approximate surface area is 175 Å². The quantitative estimate of drug-likeness (QED) is 0.341. The van der Waals surface area contributed by atoms with Gasteiger partial charge in [0.1, 0.15) is 12.4 Å². The lowest BCUT2D eigenvalue weighted by molar-refractivity contribution is 0.203. The number of nitrogens with zero attached hydrogens (tertiary/aromatic N) is 2. The van der Waals surface area contributed by atoms with Crippen LogP contribution in [0.2, 0.25) is 0 Å². The van der Waals surface area contributed by atoms with Gasteiger partial charge in [-0.05, 0) is 57.0 Å². The molecule has 0 amide bonds. The molecule has 0 radical (unpaired) electrons. The molecule has 0 atom stereocenters. The molecular formula is C21H36N4O3S. The highest BCUT2D eigenvalue weighted by Gasteiger charge is 2.19. The largest absolute Gasteiger partial charge is 0.492 e. The van der Waals surface area contributed by atoms with E-state index in [-0.39, 0.29) is 0 Å². The van der Waals surface area contributed by atoms with E-state index in [0.717, 1.165) is 38.4 Å². The third-order valence-corrected chi connectivity index (χ3v) is 6.11. The zero-order valence-corrected chi connectivity index (χ0v) is 18.8. The molecular weight excluding hydrogens is 388 g/mol. The van der Waals surface area contributed by atoms with Gasteiger partial charge in [-0.25, -0.2) is 13.4 Å². The van der Waals surface area contributed by atoms with Crippen LogP contribution in [-0.4, -0.2) is 70.9 Å². The van der Waals surface area contributed by atoms with Crippen molar-refractivity contribution in [2.75, 3.05) is 45.6 Å². The van der Waals surface area contributed by atoms with E-state index in [4.69, 9.17) is 4.74 Å². The summed E-state index contributed by atoms with van der Waals surface area (Å²) in [6, 6.07) is 6.93. The first kappa shape index (κ1) is 23.5. The minimum Gasteiger partial charge on any atom is -0.492 e. The zero-order chi connectivity index (χ0) is 21.1. The average Bonchev–Trinajstić information content (AvgIpc) is 2.70. The maximum absolute atomic E-state index is 11.5. The summed E-state index contributed by atoms with van der Waals surface area (Å²) >= 11 is 0. The minimum absolute atomic E-state index is 0.294. The fourth-order valence-corrected chi connectivity index (χ4v) is 3.93. The predicted molar refractivity (Wildman–Crippen MR) is 119 cm³/mol. The summed E-state index contributed by atoms with van der Waals surface area (Å²) in [5.74, 6) is 1.47. The number of ether oxygens (including phenoxy) is 1. The van der Waals surface area contributed by atoms with Gasteiger partial charge in [-0.1, -0.05) is 13.3 Å². The first-order chi connectivity index (χ1) is 13.9. The second-order valence-electron chi connectivity index (χ2n) is 7.47. The second kappa shape index (κ2) is 12.0. The standard InChI is InChI=1S/C21H36N4O3S/c1-4-6-14-25-15-11-18(12-16-25)24-21(22-5-2)23-13-17-28-19-7-9-20(10-8-19)29(3,26)27/h7-10,18H,4-6,11-17H2,1-3H3,(H2,22,23,24). The van der Waals surface area contributed by atoms with Crippen LogP contribution in [0.15, 0.2) is 34.2 Å². The van der Waals surface area contributed by atoms with Crippen LogP contribution in [-0.2, 0) is 9.84 Å². The van der Waals surface area contributed by atoms with E-state index < -0.39 is 9.84 Å². The first-order valence-electron chi connectivity index (χ1n) is 10.6. The topological polar surface area (TPSA) is 83.0 Å². The summed E-state index contributed by atoms with van der Waals surface area (Å²) < 4.78 is 28.7. The number of unbranched alkanes of at least 4 members (excludes halogenated alkanes) is 1. The fraction of sp³-hybridized carbons (Fsp3) is 0.667. The van der Waals surface area contributed by atoms with Gasteiger partial charge in [-0.3, -0.25) is 0 Å². The lowest BCUT2D eigenvalue weighted by atomic mass is 10.0. The smallest absolute Gasteiger partial charge is 0.191 e. The number of nitrogens with one attached hydrogen (secondary N) is 2. The maximum atomic E-state index is 11.5. The zero-order valence-electron chi connectivity index (χ0n) is 18.0. The molecule has 0 saturated carbocycles. The highest BCUT2D eigenvalue weighted by molar-refractivity contribution is 7.90. The van der Waals surface area contributed by atoms with Crippen molar-refractivity contribution < 1.29 is 13.2 Å². The molecule has 1 fully saturated rings. The molecule has 1 aliphatic rings. The van der Waals surface area contributed by atoms with Gasteiger partial charge in [0.15, 0.2) is 15.8 Å². The number of sulfone groups is 1. The molecule has 0 aromatic heterocycles. The Balaban J connectivity index is 1.76. The van der Waals surface area contributed by atoms with Crippen molar-refractivity contribution in [3.63, 3.8) is 0 Å². The molecule has 1 heterocycles. The van der Waals surface area contributed by atoms with E-state index in [2.05, 4.69) is 34.4 Å². The average molecular weight is 425 g/mol. The van der Waals surface area contributed by atoms with E-state index in [1.54, 1.807) is 24.3 Å². The number of hydrogen-bond donors (Lipinski definition) is 2. The molecule has 7 nitrogen and oxygen atoms in total. The van der Waals surface area contributed by atoms with Crippen LogP contribution in [0.25, 0.3) is 0 Å². The molecule has 0 spiro atoms. The SMILES string of the molecule is CCCCN1CCC(NC(=NCCOc2ccc(S(C)(=O)=O)cc2)NCC)CC1. The van der Waals surface area contributed by atoms with E-state index in [0.29, 0.717) is 29.8 Å². The third kappa shape index (κ3) is 8.62. The Bertz CT molecular complexity index is 727. The van der Waals surface area contributed by atoms with Crippen LogP contribution >= 0.6 is 0 Å². The van der Waals surface area contributed by atoms with Gasteiger partial charge in [0, 0.05) is 31.9 Å². The number of guanidine groups is 1. The highest BCUT2D eigenvalue weighted by Crippen LogP contribution is 2.15. The van der Waals surface area contributed by atoms with E-state index in [9.17, 15) is 8.42 Å². The predicted octanol–water partition coefficient (Wildman–Crippen LogP) is 2.29.